The van der Waals surface area contributed by atoms with E-state index in [1.54, 1.807) is 0 Å². The average Bonchev–Trinajstić information content (AvgIpc) is 2.31. The molecule has 1 aromatic rings. The molecule has 1 aromatic carbocycles. The number of rotatable bonds is 5. The van der Waals surface area contributed by atoms with E-state index in [2.05, 4.69) is 25.4 Å². The van der Waals surface area contributed by atoms with Gasteiger partial charge in [-0.2, -0.15) is 8.78 Å². The molecule has 7 heteroatoms. The van der Waals surface area contributed by atoms with Crippen LogP contribution in [0.25, 0.3) is 0 Å². The summed E-state index contributed by atoms with van der Waals surface area (Å²) in [6, 6.07) is 2.90. The standard InChI is InChI=1S/C11H10BrClF2O3/c1-17-10(16)4-6-2-8(12)7(5-13)3-9(6)18-11(14)15/h2-3,11H,4-5H2,1H3. The molecule has 0 heterocycles. The van der Waals surface area contributed by atoms with Gasteiger partial charge in [0.25, 0.3) is 0 Å². The van der Waals surface area contributed by atoms with Gasteiger partial charge in [-0.1, -0.05) is 15.9 Å². The van der Waals surface area contributed by atoms with Gasteiger partial charge < -0.3 is 9.47 Å². The Morgan fingerprint density at radius 1 is 1.44 bits per heavy atom. The van der Waals surface area contributed by atoms with Gasteiger partial charge in [0, 0.05) is 15.9 Å². The number of hydrogen-bond donors (Lipinski definition) is 0. The Morgan fingerprint density at radius 2 is 2.11 bits per heavy atom. The number of halogens is 4. The van der Waals surface area contributed by atoms with Crippen LogP contribution in [0.3, 0.4) is 0 Å². The minimum Gasteiger partial charge on any atom is -0.469 e. The highest BCUT2D eigenvalue weighted by Crippen LogP contribution is 2.30. The van der Waals surface area contributed by atoms with Crippen molar-refractivity contribution in [1.29, 1.82) is 0 Å². The van der Waals surface area contributed by atoms with Crippen LogP contribution in [-0.4, -0.2) is 19.7 Å². The summed E-state index contributed by atoms with van der Waals surface area (Å²) in [5, 5.41) is 0. The molecule has 0 aliphatic heterocycles. The fourth-order valence-corrected chi connectivity index (χ4v) is 2.22. The van der Waals surface area contributed by atoms with Crippen LogP contribution in [-0.2, 0) is 21.8 Å². The molecule has 0 aromatic heterocycles. The van der Waals surface area contributed by atoms with E-state index in [1.165, 1.54) is 19.2 Å². The fraction of sp³-hybridized carbons (Fsp3) is 0.364. The second kappa shape index (κ2) is 6.89. The lowest BCUT2D eigenvalue weighted by Crippen LogP contribution is -2.10. The van der Waals surface area contributed by atoms with Crippen LogP contribution in [0.4, 0.5) is 8.78 Å². The molecule has 0 N–H and O–H groups in total. The first kappa shape index (κ1) is 15.2. The number of hydrogen-bond acceptors (Lipinski definition) is 3. The Kier molecular flexibility index (Phi) is 5.81. The van der Waals surface area contributed by atoms with Crippen molar-refractivity contribution in [3.63, 3.8) is 0 Å². The number of esters is 1. The molecule has 0 aliphatic rings. The summed E-state index contributed by atoms with van der Waals surface area (Å²) in [5.41, 5.74) is 0.906. The van der Waals surface area contributed by atoms with Gasteiger partial charge in [-0.3, -0.25) is 4.79 Å². The van der Waals surface area contributed by atoms with Gasteiger partial charge in [0.05, 0.1) is 13.5 Å². The van der Waals surface area contributed by atoms with Crippen molar-refractivity contribution in [2.24, 2.45) is 0 Å². The van der Waals surface area contributed by atoms with Gasteiger partial charge >= 0.3 is 12.6 Å². The van der Waals surface area contributed by atoms with Crippen molar-refractivity contribution in [2.75, 3.05) is 7.11 Å². The lowest BCUT2D eigenvalue weighted by Gasteiger charge is -2.12. The van der Waals surface area contributed by atoms with Crippen molar-refractivity contribution in [3.05, 3.63) is 27.7 Å². The molecule has 0 bridgehead atoms. The summed E-state index contributed by atoms with van der Waals surface area (Å²) in [6.07, 6.45) is -0.153. The molecule has 0 aliphatic carbocycles. The minimum absolute atomic E-state index is 0.0748. The third-order valence-electron chi connectivity index (χ3n) is 2.15. The molecule has 0 saturated carbocycles. The van der Waals surface area contributed by atoms with Crippen LogP contribution in [0.15, 0.2) is 16.6 Å². The van der Waals surface area contributed by atoms with E-state index < -0.39 is 12.6 Å². The molecule has 0 saturated heterocycles. The van der Waals surface area contributed by atoms with Gasteiger partial charge in [0.2, 0.25) is 0 Å². The largest absolute Gasteiger partial charge is 0.469 e. The van der Waals surface area contributed by atoms with Gasteiger partial charge in [-0.05, 0) is 17.7 Å². The zero-order valence-corrected chi connectivity index (χ0v) is 11.7. The molecule has 0 spiro atoms. The maximum atomic E-state index is 12.3. The van der Waals surface area contributed by atoms with Gasteiger partial charge in [0.1, 0.15) is 5.75 Å². The SMILES string of the molecule is COC(=O)Cc1cc(Br)c(CCl)cc1OC(F)F. The van der Waals surface area contributed by atoms with Crippen LogP contribution >= 0.6 is 27.5 Å². The van der Waals surface area contributed by atoms with E-state index in [9.17, 15) is 13.6 Å². The first-order valence-electron chi connectivity index (χ1n) is 4.86. The lowest BCUT2D eigenvalue weighted by atomic mass is 10.1. The molecular formula is C11H10BrClF2O3. The molecule has 0 unspecified atom stereocenters. The quantitative estimate of drug-likeness (QED) is 0.606. The van der Waals surface area contributed by atoms with Gasteiger partial charge in [-0.25, -0.2) is 0 Å². The van der Waals surface area contributed by atoms with E-state index in [0.717, 1.165) is 0 Å². The summed E-state index contributed by atoms with van der Waals surface area (Å²) in [7, 11) is 1.22. The van der Waals surface area contributed by atoms with Gasteiger partial charge in [0.15, 0.2) is 0 Å². The predicted octanol–water partition coefficient (Wildman–Crippen LogP) is 3.50. The Labute approximate surface area is 116 Å². The predicted molar refractivity (Wildman–Crippen MR) is 66.1 cm³/mol. The average molecular weight is 344 g/mol. The molecule has 3 nitrogen and oxygen atoms in total. The second-order valence-electron chi connectivity index (χ2n) is 3.32. The number of carbonyl (C=O) groups excluding carboxylic acids is 1. The maximum Gasteiger partial charge on any atom is 0.387 e. The molecule has 0 fully saturated rings. The van der Waals surface area contributed by atoms with E-state index >= 15 is 0 Å². The molecular weight excluding hydrogens is 333 g/mol. The molecule has 1 rings (SSSR count). The highest BCUT2D eigenvalue weighted by molar-refractivity contribution is 9.10. The number of carbonyl (C=O) groups is 1. The van der Waals surface area contributed by atoms with Crippen molar-refractivity contribution in [1.82, 2.24) is 0 Å². The monoisotopic (exact) mass is 342 g/mol. The first-order chi connectivity index (χ1) is 8.47. The lowest BCUT2D eigenvalue weighted by molar-refractivity contribution is -0.139. The molecule has 0 amide bonds. The molecule has 0 radical (unpaired) electrons. The zero-order chi connectivity index (χ0) is 13.7. The topological polar surface area (TPSA) is 35.5 Å². The summed E-state index contributed by atoms with van der Waals surface area (Å²) in [6.45, 7) is -2.97. The highest BCUT2D eigenvalue weighted by Gasteiger charge is 2.16. The summed E-state index contributed by atoms with van der Waals surface area (Å²) in [4.78, 5) is 11.2. The zero-order valence-electron chi connectivity index (χ0n) is 9.38. The van der Waals surface area contributed by atoms with Crippen LogP contribution < -0.4 is 4.74 Å². The number of methoxy groups -OCH3 is 1. The number of alkyl halides is 3. The number of benzene rings is 1. The van der Waals surface area contributed by atoms with E-state index in [-0.39, 0.29) is 18.1 Å². The van der Waals surface area contributed by atoms with Crippen molar-refractivity contribution < 1.29 is 23.0 Å². The Balaban J connectivity index is 3.12. The van der Waals surface area contributed by atoms with Crippen molar-refractivity contribution in [3.8, 4) is 5.75 Å². The van der Waals surface area contributed by atoms with Crippen LogP contribution in [0.2, 0.25) is 0 Å². The summed E-state index contributed by atoms with van der Waals surface area (Å²) in [5.74, 6) is -0.479. The molecule has 18 heavy (non-hydrogen) atoms. The van der Waals surface area contributed by atoms with Crippen LogP contribution in [0.1, 0.15) is 11.1 Å². The van der Waals surface area contributed by atoms with E-state index in [1.807, 2.05) is 0 Å². The minimum atomic E-state index is -2.97. The Bertz CT molecular complexity index is 441. The maximum absolute atomic E-state index is 12.3. The fourth-order valence-electron chi connectivity index (χ4n) is 1.31. The first-order valence-corrected chi connectivity index (χ1v) is 6.19. The smallest absolute Gasteiger partial charge is 0.387 e. The molecule has 0 atom stereocenters. The third kappa shape index (κ3) is 4.10. The Morgan fingerprint density at radius 3 is 2.61 bits per heavy atom. The van der Waals surface area contributed by atoms with E-state index in [4.69, 9.17) is 11.6 Å². The molecule has 100 valence electrons. The summed E-state index contributed by atoms with van der Waals surface area (Å²) >= 11 is 8.90. The Hall–Kier alpha value is -0.880. The van der Waals surface area contributed by atoms with Crippen LogP contribution in [0, 0.1) is 0 Å². The van der Waals surface area contributed by atoms with Crippen LogP contribution in [0.5, 0.6) is 5.75 Å². The van der Waals surface area contributed by atoms with Gasteiger partial charge in [-0.15, -0.1) is 11.6 Å². The van der Waals surface area contributed by atoms with Crippen molar-refractivity contribution >= 4 is 33.5 Å². The highest BCUT2D eigenvalue weighted by atomic mass is 79.9. The third-order valence-corrected chi connectivity index (χ3v) is 3.18. The van der Waals surface area contributed by atoms with Crippen molar-refractivity contribution in [2.45, 2.75) is 18.9 Å². The second-order valence-corrected chi connectivity index (χ2v) is 4.44. The van der Waals surface area contributed by atoms with E-state index in [0.29, 0.717) is 15.6 Å². The normalized spacial score (nSPS) is 10.6. The number of ether oxygens (including phenoxy) is 2. The summed E-state index contributed by atoms with van der Waals surface area (Å²) < 4.78 is 34.0.